The Labute approximate surface area is 199 Å². The number of Topliss-reactive ketones (excluding diaryl/α,β-unsaturated/α-hetero) is 1. The minimum absolute atomic E-state index is 0.0675. The number of halogens is 1. The molecule has 0 bridgehead atoms. The van der Waals surface area contributed by atoms with E-state index in [2.05, 4.69) is 18.8 Å². The smallest absolute Gasteiger partial charge is 0.243 e. The molecule has 3 aliphatic rings. The van der Waals surface area contributed by atoms with Gasteiger partial charge in [0.05, 0.1) is 22.2 Å². The highest BCUT2D eigenvalue weighted by Gasteiger charge is 2.42. The minimum Gasteiger partial charge on any atom is -0.492 e. The van der Waals surface area contributed by atoms with Crippen molar-refractivity contribution in [1.29, 1.82) is 0 Å². The SMILES string of the molecule is Cc1cc(OC[C@@H]2CCCN2S(=O)(=O)c2ccc3c(c2)C(=O)C2=NCC(C)(C)CN23)ccc1F. The largest absolute Gasteiger partial charge is 0.492 e. The highest BCUT2D eigenvalue weighted by atomic mass is 32.2. The summed E-state index contributed by atoms with van der Waals surface area (Å²) in [5.41, 5.74) is 1.50. The van der Waals surface area contributed by atoms with Gasteiger partial charge < -0.3 is 9.64 Å². The lowest BCUT2D eigenvalue weighted by atomic mass is 9.91. The Bertz CT molecular complexity index is 1310. The van der Waals surface area contributed by atoms with Gasteiger partial charge >= 0.3 is 0 Å². The molecule has 180 valence electrons. The molecule has 2 aromatic rings. The van der Waals surface area contributed by atoms with Gasteiger partial charge in [0.1, 0.15) is 18.2 Å². The highest BCUT2D eigenvalue weighted by molar-refractivity contribution is 7.89. The van der Waals surface area contributed by atoms with Crippen molar-refractivity contribution in [3.05, 3.63) is 53.3 Å². The van der Waals surface area contributed by atoms with E-state index >= 15 is 0 Å². The van der Waals surface area contributed by atoms with Gasteiger partial charge in [-0.1, -0.05) is 13.8 Å². The van der Waals surface area contributed by atoms with Crippen molar-refractivity contribution in [2.75, 3.05) is 31.1 Å². The molecule has 0 aromatic heterocycles. The number of carbonyl (C=O) groups excluding carboxylic acids is 1. The van der Waals surface area contributed by atoms with Crippen LogP contribution in [0.4, 0.5) is 10.1 Å². The number of benzene rings is 2. The van der Waals surface area contributed by atoms with Gasteiger partial charge in [0, 0.05) is 25.0 Å². The van der Waals surface area contributed by atoms with Gasteiger partial charge in [-0.25, -0.2) is 12.8 Å². The van der Waals surface area contributed by atoms with Gasteiger partial charge in [0.25, 0.3) is 0 Å². The summed E-state index contributed by atoms with van der Waals surface area (Å²) in [7, 11) is -3.83. The summed E-state index contributed by atoms with van der Waals surface area (Å²) in [5, 5.41) is 0. The number of aliphatic imine (C=N–C) groups is 1. The van der Waals surface area contributed by atoms with Crippen LogP contribution in [-0.2, 0) is 10.0 Å². The van der Waals surface area contributed by atoms with Gasteiger partial charge in [-0.3, -0.25) is 9.79 Å². The van der Waals surface area contributed by atoms with E-state index < -0.39 is 10.0 Å². The first-order valence-corrected chi connectivity index (χ1v) is 12.9. The Hall–Kier alpha value is -2.78. The fraction of sp³-hybridized carbons (Fsp3) is 0.440. The molecule has 3 aliphatic heterocycles. The Balaban J connectivity index is 1.38. The minimum atomic E-state index is -3.83. The van der Waals surface area contributed by atoms with Crippen molar-refractivity contribution in [2.24, 2.45) is 10.4 Å². The third-order valence-corrected chi connectivity index (χ3v) is 8.65. The Morgan fingerprint density at radius 3 is 2.76 bits per heavy atom. The maximum atomic E-state index is 13.5. The van der Waals surface area contributed by atoms with Gasteiger partial charge in [0.15, 0.2) is 5.84 Å². The lowest BCUT2D eigenvalue weighted by Crippen LogP contribution is -2.44. The average molecular weight is 486 g/mol. The molecule has 0 spiro atoms. The lowest BCUT2D eigenvalue weighted by Gasteiger charge is -2.34. The molecule has 9 heteroatoms. The number of hydrogen-bond donors (Lipinski definition) is 0. The van der Waals surface area contributed by atoms with E-state index in [0.29, 0.717) is 54.5 Å². The Morgan fingerprint density at radius 2 is 2.00 bits per heavy atom. The van der Waals surface area contributed by atoms with E-state index in [-0.39, 0.29) is 34.6 Å². The van der Waals surface area contributed by atoms with Crippen LogP contribution in [0.5, 0.6) is 5.75 Å². The second kappa shape index (κ2) is 8.16. The molecule has 2 aromatic carbocycles. The zero-order valence-electron chi connectivity index (χ0n) is 19.5. The van der Waals surface area contributed by atoms with E-state index in [9.17, 15) is 17.6 Å². The highest BCUT2D eigenvalue weighted by Crippen LogP contribution is 2.38. The molecule has 0 radical (unpaired) electrons. The molecule has 1 fully saturated rings. The summed E-state index contributed by atoms with van der Waals surface area (Å²) < 4.78 is 47.9. The summed E-state index contributed by atoms with van der Waals surface area (Å²) >= 11 is 0. The summed E-state index contributed by atoms with van der Waals surface area (Å²) in [4.78, 5) is 19.5. The van der Waals surface area contributed by atoms with E-state index in [0.717, 1.165) is 6.42 Å². The van der Waals surface area contributed by atoms with Crippen molar-refractivity contribution in [2.45, 2.75) is 44.6 Å². The van der Waals surface area contributed by atoms with Crippen LogP contribution in [0.15, 0.2) is 46.3 Å². The molecule has 0 unspecified atom stereocenters. The Kier molecular flexibility index (Phi) is 5.52. The first-order valence-electron chi connectivity index (χ1n) is 11.5. The van der Waals surface area contributed by atoms with E-state index in [4.69, 9.17) is 4.74 Å². The van der Waals surface area contributed by atoms with Crippen molar-refractivity contribution in [1.82, 2.24) is 4.31 Å². The number of amidine groups is 1. The van der Waals surface area contributed by atoms with Crippen molar-refractivity contribution >= 4 is 27.3 Å². The molecular formula is C25H28FN3O4S. The zero-order chi connectivity index (χ0) is 24.3. The number of rotatable bonds is 5. The van der Waals surface area contributed by atoms with Crippen LogP contribution in [0.25, 0.3) is 0 Å². The van der Waals surface area contributed by atoms with E-state index in [1.807, 2.05) is 4.90 Å². The van der Waals surface area contributed by atoms with Crippen LogP contribution < -0.4 is 9.64 Å². The number of anilines is 1. The molecule has 1 atom stereocenters. The molecule has 3 heterocycles. The van der Waals surface area contributed by atoms with Crippen LogP contribution in [0, 0.1) is 18.2 Å². The quantitative estimate of drug-likeness (QED) is 0.644. The standard InChI is InChI=1S/C25H28FN3O4S/c1-16-11-18(6-8-21(16)26)33-13-17-5-4-10-29(17)34(31,32)19-7-9-22-20(12-19)23(30)24-27-14-25(2,3)15-28(22)24/h6-9,11-12,17H,4-5,10,13-15H2,1-3H3/t17-/m0/s1. The third kappa shape index (κ3) is 3.90. The zero-order valence-corrected chi connectivity index (χ0v) is 20.4. The maximum Gasteiger partial charge on any atom is 0.243 e. The van der Waals surface area contributed by atoms with Crippen LogP contribution in [0.3, 0.4) is 0 Å². The fourth-order valence-electron chi connectivity index (χ4n) is 4.86. The van der Waals surface area contributed by atoms with Gasteiger partial charge in [-0.15, -0.1) is 0 Å². The van der Waals surface area contributed by atoms with Crippen LogP contribution >= 0.6 is 0 Å². The van der Waals surface area contributed by atoms with Crippen molar-refractivity contribution < 1.29 is 22.3 Å². The van der Waals surface area contributed by atoms with Crippen LogP contribution in [0.2, 0.25) is 0 Å². The molecular weight excluding hydrogens is 457 g/mol. The number of sulfonamides is 1. The lowest BCUT2D eigenvalue weighted by molar-refractivity contribution is 0.106. The number of carbonyl (C=O) groups is 1. The molecule has 0 N–H and O–H groups in total. The third-order valence-electron chi connectivity index (χ3n) is 6.71. The molecule has 0 amide bonds. The van der Waals surface area contributed by atoms with Crippen LogP contribution in [-0.4, -0.2) is 56.6 Å². The molecule has 5 rings (SSSR count). The van der Waals surface area contributed by atoms with Crippen LogP contribution in [0.1, 0.15) is 42.6 Å². The number of ketones is 1. The number of fused-ring (bicyclic) bond motifs is 3. The van der Waals surface area contributed by atoms with E-state index in [1.165, 1.54) is 16.4 Å². The predicted molar refractivity (Wildman–Crippen MR) is 128 cm³/mol. The number of ether oxygens (including phenoxy) is 1. The number of nitrogens with zero attached hydrogens (tertiary/aromatic N) is 3. The van der Waals surface area contributed by atoms with Crippen molar-refractivity contribution in [3.63, 3.8) is 0 Å². The fourth-order valence-corrected chi connectivity index (χ4v) is 6.57. The summed E-state index contributed by atoms with van der Waals surface area (Å²) in [6.45, 7) is 7.63. The maximum absolute atomic E-state index is 13.5. The predicted octanol–water partition coefficient (Wildman–Crippen LogP) is 3.81. The van der Waals surface area contributed by atoms with Gasteiger partial charge in [-0.05, 0) is 61.7 Å². The molecule has 0 aliphatic carbocycles. The van der Waals surface area contributed by atoms with E-state index in [1.54, 1.807) is 31.2 Å². The summed E-state index contributed by atoms with van der Waals surface area (Å²) in [5.74, 6) is 0.363. The first-order chi connectivity index (χ1) is 16.1. The second-order valence-corrected chi connectivity index (χ2v) is 11.9. The molecule has 1 saturated heterocycles. The van der Waals surface area contributed by atoms with Gasteiger partial charge in [-0.2, -0.15) is 4.31 Å². The summed E-state index contributed by atoms with van der Waals surface area (Å²) in [6, 6.07) is 8.93. The topological polar surface area (TPSA) is 79.3 Å². The monoisotopic (exact) mass is 485 g/mol. The second-order valence-electron chi connectivity index (χ2n) is 10.0. The van der Waals surface area contributed by atoms with Crippen molar-refractivity contribution in [3.8, 4) is 5.75 Å². The normalized spacial score (nSPS) is 21.9. The number of hydrogen-bond acceptors (Lipinski definition) is 6. The molecule has 7 nitrogen and oxygen atoms in total. The number of aryl methyl sites for hydroxylation is 1. The van der Waals surface area contributed by atoms with Gasteiger partial charge in [0.2, 0.25) is 15.8 Å². The molecule has 0 saturated carbocycles. The first kappa shape index (κ1) is 23.0. The average Bonchev–Trinajstić information content (AvgIpc) is 3.37. The molecule has 34 heavy (non-hydrogen) atoms. The summed E-state index contributed by atoms with van der Waals surface area (Å²) in [6.07, 6.45) is 1.39. The Morgan fingerprint density at radius 1 is 1.21 bits per heavy atom.